The third-order valence-electron chi connectivity index (χ3n) is 0.997. The molecule has 1 heteroatoms. The lowest BCUT2D eigenvalue weighted by Gasteiger charge is -1.88. The summed E-state index contributed by atoms with van der Waals surface area (Å²) in [5.74, 6) is 0. The van der Waals surface area contributed by atoms with Gasteiger partial charge in [-0.2, -0.15) is 0 Å². The monoisotopic (exact) mass is 171 g/mol. The van der Waals surface area contributed by atoms with Gasteiger partial charge in [-0.05, 0) is 5.56 Å². The summed E-state index contributed by atoms with van der Waals surface area (Å²) in [6.07, 6.45) is 0. The molecule has 0 aliphatic rings. The van der Waals surface area contributed by atoms with Crippen LogP contribution in [-0.2, 0) is 5.33 Å². The first-order valence-electron chi connectivity index (χ1n) is 2.53. The van der Waals surface area contributed by atoms with E-state index >= 15 is 0 Å². The Balaban J connectivity index is 2.83. The van der Waals surface area contributed by atoms with Crippen LogP contribution in [0.1, 0.15) is 5.56 Å². The molecule has 0 amide bonds. The predicted molar refractivity (Wildman–Crippen MR) is 39.1 cm³/mol. The molecule has 1 rings (SSSR count). The minimum atomic E-state index is 0.952. The fourth-order valence-corrected chi connectivity index (χ4v) is 0.941. The number of alkyl halides is 1. The van der Waals surface area contributed by atoms with Crippen LogP contribution in [0.2, 0.25) is 0 Å². The Kier molecular flexibility index (Phi) is 2.10. The molecule has 0 nitrogen and oxygen atoms in total. The Bertz CT molecular complexity index is 146. The molecule has 0 fully saturated rings. The topological polar surface area (TPSA) is 0 Å². The minimum Gasteiger partial charge on any atom is -0.0876 e. The second kappa shape index (κ2) is 2.88. The van der Waals surface area contributed by atoms with Crippen molar-refractivity contribution in [2.24, 2.45) is 0 Å². The van der Waals surface area contributed by atoms with Crippen molar-refractivity contribution in [1.82, 2.24) is 0 Å². The van der Waals surface area contributed by atoms with E-state index in [2.05, 4.69) is 28.1 Å². The van der Waals surface area contributed by atoms with E-state index in [0.717, 1.165) is 5.33 Å². The van der Waals surface area contributed by atoms with Crippen LogP contribution in [0, 0.1) is 0 Å². The lowest BCUT2D eigenvalue weighted by Crippen LogP contribution is -1.70. The van der Waals surface area contributed by atoms with Crippen LogP contribution < -0.4 is 0 Å². The van der Waals surface area contributed by atoms with E-state index in [1.54, 1.807) is 0 Å². The van der Waals surface area contributed by atoms with Crippen molar-refractivity contribution in [2.75, 3.05) is 0 Å². The molecule has 0 radical (unpaired) electrons. The van der Waals surface area contributed by atoms with E-state index in [9.17, 15) is 0 Å². The van der Waals surface area contributed by atoms with Gasteiger partial charge in [0.2, 0.25) is 0 Å². The Morgan fingerprint density at radius 3 is 2.12 bits per heavy atom. The third-order valence-corrected chi connectivity index (χ3v) is 1.64. The second-order valence-electron chi connectivity index (χ2n) is 1.62. The van der Waals surface area contributed by atoms with Crippen LogP contribution in [0.4, 0.5) is 0 Å². The zero-order valence-corrected chi connectivity index (χ0v) is 6.06. The molecule has 1 aromatic carbocycles. The third kappa shape index (κ3) is 1.34. The maximum absolute atomic E-state index is 3.36. The number of rotatable bonds is 1. The van der Waals surface area contributed by atoms with Gasteiger partial charge in [0, 0.05) is 5.33 Å². The van der Waals surface area contributed by atoms with E-state index in [4.69, 9.17) is 0 Å². The summed E-state index contributed by atoms with van der Waals surface area (Å²) >= 11 is 3.36. The van der Waals surface area contributed by atoms with Crippen molar-refractivity contribution in [3.05, 3.63) is 35.9 Å². The van der Waals surface area contributed by atoms with Gasteiger partial charge in [-0.25, -0.2) is 0 Å². The number of benzene rings is 1. The van der Waals surface area contributed by atoms with E-state index in [1.165, 1.54) is 5.56 Å². The summed E-state index contributed by atoms with van der Waals surface area (Å²) < 4.78 is 0. The summed E-state index contributed by atoms with van der Waals surface area (Å²) in [7, 11) is 0. The van der Waals surface area contributed by atoms with Gasteiger partial charge in [-0.15, -0.1) is 0 Å². The standard InChI is InChI=1S/C7H7Br/c8-6-7-4-2-1-3-5-7/h1-5H,6H2/i7+1. The molecule has 42 valence electrons. The van der Waals surface area contributed by atoms with Crippen LogP contribution in [0.5, 0.6) is 0 Å². The van der Waals surface area contributed by atoms with E-state index in [0.29, 0.717) is 0 Å². The van der Waals surface area contributed by atoms with Crippen molar-refractivity contribution in [1.29, 1.82) is 0 Å². The minimum absolute atomic E-state index is 0.952. The average Bonchev–Trinajstić information content (AvgIpc) is 1.90. The number of hydrogen-bond acceptors (Lipinski definition) is 0. The first kappa shape index (κ1) is 5.83. The van der Waals surface area contributed by atoms with Crippen molar-refractivity contribution in [2.45, 2.75) is 5.33 Å². The predicted octanol–water partition coefficient (Wildman–Crippen LogP) is 2.58. The van der Waals surface area contributed by atoms with E-state index < -0.39 is 0 Å². The molecule has 0 spiro atoms. The highest BCUT2D eigenvalue weighted by Crippen LogP contribution is 2.02. The first-order chi connectivity index (χ1) is 3.93. The summed E-state index contributed by atoms with van der Waals surface area (Å²) in [6.45, 7) is 0. The molecule has 0 aliphatic heterocycles. The SMILES string of the molecule is BrC[13c]1ccccc1. The number of halogens is 1. The summed E-state index contributed by atoms with van der Waals surface area (Å²) in [4.78, 5) is 0. The highest BCUT2D eigenvalue weighted by atomic mass is 79.9. The molecule has 0 aliphatic carbocycles. The zero-order valence-electron chi connectivity index (χ0n) is 4.47. The molecule has 0 heterocycles. The maximum atomic E-state index is 3.36. The van der Waals surface area contributed by atoms with Gasteiger partial charge in [-0.3, -0.25) is 0 Å². The lowest BCUT2D eigenvalue weighted by atomic mass is 10.4. The Hall–Kier alpha value is -0.300. The molecule has 0 bridgehead atoms. The van der Waals surface area contributed by atoms with Crippen LogP contribution >= 0.6 is 15.9 Å². The Morgan fingerprint density at radius 2 is 1.75 bits per heavy atom. The van der Waals surface area contributed by atoms with Crippen molar-refractivity contribution >= 4 is 15.9 Å². The second-order valence-corrected chi connectivity index (χ2v) is 2.18. The highest BCUT2D eigenvalue weighted by Gasteiger charge is 1.81. The van der Waals surface area contributed by atoms with Crippen molar-refractivity contribution in [3.63, 3.8) is 0 Å². The van der Waals surface area contributed by atoms with Crippen LogP contribution in [0.25, 0.3) is 0 Å². The van der Waals surface area contributed by atoms with E-state index in [-0.39, 0.29) is 0 Å². The maximum Gasteiger partial charge on any atom is 0.0283 e. The van der Waals surface area contributed by atoms with Crippen LogP contribution in [-0.4, -0.2) is 0 Å². The molecule has 8 heavy (non-hydrogen) atoms. The first-order valence-corrected chi connectivity index (χ1v) is 3.65. The van der Waals surface area contributed by atoms with Crippen LogP contribution in [0.3, 0.4) is 0 Å². The lowest BCUT2D eigenvalue weighted by molar-refractivity contribution is 1.44. The molecule has 0 atom stereocenters. The van der Waals surface area contributed by atoms with Gasteiger partial charge in [-0.1, -0.05) is 46.3 Å². The van der Waals surface area contributed by atoms with Gasteiger partial charge < -0.3 is 0 Å². The van der Waals surface area contributed by atoms with Gasteiger partial charge >= 0.3 is 0 Å². The molecule has 0 N–H and O–H groups in total. The van der Waals surface area contributed by atoms with Gasteiger partial charge in [0.15, 0.2) is 0 Å². The van der Waals surface area contributed by atoms with E-state index in [1.807, 2.05) is 18.2 Å². The van der Waals surface area contributed by atoms with Gasteiger partial charge in [0.1, 0.15) is 0 Å². The summed E-state index contributed by atoms with van der Waals surface area (Å²) in [6, 6.07) is 10.3. The average molecular weight is 172 g/mol. The molecule has 0 saturated heterocycles. The number of hydrogen-bond donors (Lipinski definition) is 0. The fourth-order valence-electron chi connectivity index (χ4n) is 0.567. The highest BCUT2D eigenvalue weighted by molar-refractivity contribution is 9.08. The van der Waals surface area contributed by atoms with Crippen molar-refractivity contribution in [3.8, 4) is 0 Å². The fraction of sp³-hybridized carbons (Fsp3) is 0.143. The van der Waals surface area contributed by atoms with Gasteiger partial charge in [0.25, 0.3) is 0 Å². The van der Waals surface area contributed by atoms with Crippen LogP contribution in [0.15, 0.2) is 30.3 Å². The molecule has 1 aromatic rings. The van der Waals surface area contributed by atoms with Gasteiger partial charge in [0.05, 0.1) is 0 Å². The largest absolute Gasteiger partial charge is 0.0876 e. The molecule has 0 saturated carbocycles. The summed E-state index contributed by atoms with van der Waals surface area (Å²) in [5.41, 5.74) is 1.33. The molecule has 0 aromatic heterocycles. The molecular weight excluding hydrogens is 165 g/mol. The normalized spacial score (nSPS) is 9.12. The summed E-state index contributed by atoms with van der Waals surface area (Å²) in [5, 5.41) is 0.952. The Morgan fingerprint density at radius 1 is 1.12 bits per heavy atom. The van der Waals surface area contributed by atoms with Crippen molar-refractivity contribution < 1.29 is 0 Å². The molecular formula is C7H7Br. The smallest absolute Gasteiger partial charge is 0.0283 e. The Labute approximate surface area is 57.7 Å². The zero-order chi connectivity index (χ0) is 5.82. The quantitative estimate of drug-likeness (QED) is 0.571. The molecule has 0 unspecified atom stereocenters.